The lowest BCUT2D eigenvalue weighted by Crippen LogP contribution is -2.20. The van der Waals surface area contributed by atoms with E-state index in [0.29, 0.717) is 12.4 Å². The first-order valence-electron chi connectivity index (χ1n) is 8.96. The van der Waals surface area contributed by atoms with Gasteiger partial charge in [-0.3, -0.25) is 4.79 Å². The van der Waals surface area contributed by atoms with Crippen LogP contribution in [0.1, 0.15) is 28.7 Å². The standard InChI is InChI=1S/C23H19BrO4/c1-26-23(25)21-19-13-17(24)9-12-20(19)28-22(21)16-7-10-18(11-8-16)27-14-15-5-3-2-4-6-15/h2-13,21-22H,14H2,1H3. The molecule has 4 nitrogen and oxygen atoms in total. The minimum absolute atomic E-state index is 0.314. The topological polar surface area (TPSA) is 44.8 Å². The molecule has 2 unspecified atom stereocenters. The molecule has 1 heterocycles. The zero-order chi connectivity index (χ0) is 19.5. The third kappa shape index (κ3) is 3.76. The fourth-order valence-electron chi connectivity index (χ4n) is 3.37. The van der Waals surface area contributed by atoms with Crippen LogP contribution in [0.5, 0.6) is 11.5 Å². The van der Waals surface area contributed by atoms with Gasteiger partial charge in [-0.15, -0.1) is 0 Å². The number of esters is 1. The van der Waals surface area contributed by atoms with Crippen molar-refractivity contribution in [1.29, 1.82) is 0 Å². The molecular weight excluding hydrogens is 420 g/mol. The van der Waals surface area contributed by atoms with Crippen molar-refractivity contribution < 1.29 is 19.0 Å². The van der Waals surface area contributed by atoms with Crippen molar-refractivity contribution in [3.8, 4) is 11.5 Å². The molecule has 3 aromatic carbocycles. The van der Waals surface area contributed by atoms with E-state index in [-0.39, 0.29) is 5.97 Å². The van der Waals surface area contributed by atoms with Crippen LogP contribution in [0.4, 0.5) is 0 Å². The van der Waals surface area contributed by atoms with Crippen LogP contribution in [0.2, 0.25) is 0 Å². The second-order valence-electron chi connectivity index (χ2n) is 6.56. The molecule has 0 aromatic heterocycles. The Bertz CT molecular complexity index is 970. The Kier molecular flexibility index (Phi) is 5.35. The summed E-state index contributed by atoms with van der Waals surface area (Å²) in [7, 11) is 1.40. The molecule has 5 heteroatoms. The van der Waals surface area contributed by atoms with E-state index in [1.807, 2.05) is 72.8 Å². The summed E-state index contributed by atoms with van der Waals surface area (Å²) in [6, 6.07) is 23.3. The molecule has 0 radical (unpaired) electrons. The molecule has 3 aromatic rings. The molecular formula is C23H19BrO4. The van der Waals surface area contributed by atoms with Gasteiger partial charge < -0.3 is 14.2 Å². The number of carbonyl (C=O) groups excluding carboxylic acids is 1. The Labute approximate surface area is 172 Å². The summed E-state index contributed by atoms with van der Waals surface area (Å²) in [5.41, 5.74) is 2.84. The molecule has 1 aliphatic rings. The number of halogens is 1. The SMILES string of the molecule is COC(=O)C1c2cc(Br)ccc2OC1c1ccc(OCc2ccccc2)cc1. The van der Waals surface area contributed by atoms with Crippen molar-refractivity contribution in [3.63, 3.8) is 0 Å². The van der Waals surface area contributed by atoms with E-state index in [1.165, 1.54) is 7.11 Å². The number of ether oxygens (including phenoxy) is 3. The smallest absolute Gasteiger partial charge is 0.317 e. The second-order valence-corrected chi connectivity index (χ2v) is 7.48. The number of fused-ring (bicyclic) bond motifs is 1. The normalized spacial score (nSPS) is 17.5. The van der Waals surface area contributed by atoms with Crippen molar-refractivity contribution >= 4 is 21.9 Å². The van der Waals surface area contributed by atoms with Gasteiger partial charge in [0.15, 0.2) is 0 Å². The molecule has 142 valence electrons. The van der Waals surface area contributed by atoms with Crippen LogP contribution in [0.25, 0.3) is 0 Å². The summed E-state index contributed by atoms with van der Waals surface area (Å²) in [5.74, 6) is 0.647. The number of hydrogen-bond donors (Lipinski definition) is 0. The zero-order valence-corrected chi connectivity index (χ0v) is 16.9. The lowest BCUT2D eigenvalue weighted by molar-refractivity contribution is -0.144. The van der Waals surface area contributed by atoms with Crippen molar-refractivity contribution in [3.05, 3.63) is 94.0 Å². The number of methoxy groups -OCH3 is 1. The fourth-order valence-corrected chi connectivity index (χ4v) is 3.75. The van der Waals surface area contributed by atoms with Gasteiger partial charge in [-0.1, -0.05) is 58.4 Å². The molecule has 28 heavy (non-hydrogen) atoms. The van der Waals surface area contributed by atoms with Crippen LogP contribution in [-0.2, 0) is 16.1 Å². The van der Waals surface area contributed by atoms with Gasteiger partial charge in [0, 0.05) is 10.0 Å². The van der Waals surface area contributed by atoms with Gasteiger partial charge in [0.05, 0.1) is 7.11 Å². The van der Waals surface area contributed by atoms with E-state index in [1.54, 1.807) is 0 Å². The summed E-state index contributed by atoms with van der Waals surface area (Å²) in [6.07, 6.45) is -0.431. The fraction of sp³-hybridized carbons (Fsp3) is 0.174. The molecule has 0 saturated carbocycles. The highest BCUT2D eigenvalue weighted by atomic mass is 79.9. The maximum atomic E-state index is 12.5. The van der Waals surface area contributed by atoms with Gasteiger partial charge in [-0.2, -0.15) is 0 Å². The quantitative estimate of drug-likeness (QED) is 0.499. The van der Waals surface area contributed by atoms with E-state index in [0.717, 1.165) is 26.9 Å². The van der Waals surface area contributed by atoms with Crippen LogP contribution in [0, 0.1) is 0 Å². The number of hydrogen-bond acceptors (Lipinski definition) is 4. The monoisotopic (exact) mass is 438 g/mol. The van der Waals surface area contributed by atoms with Crippen LogP contribution in [0.3, 0.4) is 0 Å². The predicted molar refractivity (Wildman–Crippen MR) is 109 cm³/mol. The summed E-state index contributed by atoms with van der Waals surface area (Å²) >= 11 is 3.46. The summed E-state index contributed by atoms with van der Waals surface area (Å²) in [5, 5.41) is 0. The highest BCUT2D eigenvalue weighted by Gasteiger charge is 2.41. The maximum absolute atomic E-state index is 12.5. The third-order valence-electron chi connectivity index (χ3n) is 4.78. The van der Waals surface area contributed by atoms with E-state index < -0.39 is 12.0 Å². The lowest BCUT2D eigenvalue weighted by Gasteiger charge is -2.18. The predicted octanol–water partition coefficient (Wildman–Crippen LogP) is 5.42. The summed E-state index contributed by atoms with van der Waals surface area (Å²) in [4.78, 5) is 12.5. The van der Waals surface area contributed by atoms with Gasteiger partial charge in [0.2, 0.25) is 0 Å². The average Bonchev–Trinajstić information content (AvgIpc) is 3.11. The Hall–Kier alpha value is -2.79. The Morgan fingerprint density at radius 1 is 1.04 bits per heavy atom. The highest BCUT2D eigenvalue weighted by Crippen LogP contribution is 2.47. The molecule has 0 spiro atoms. The van der Waals surface area contributed by atoms with Crippen LogP contribution >= 0.6 is 15.9 Å². The van der Waals surface area contributed by atoms with E-state index in [4.69, 9.17) is 14.2 Å². The van der Waals surface area contributed by atoms with Gasteiger partial charge in [0.25, 0.3) is 0 Å². The van der Waals surface area contributed by atoms with Gasteiger partial charge >= 0.3 is 5.97 Å². The molecule has 1 aliphatic heterocycles. The van der Waals surface area contributed by atoms with Crippen molar-refractivity contribution in [2.45, 2.75) is 18.6 Å². The van der Waals surface area contributed by atoms with Gasteiger partial charge in [0.1, 0.15) is 30.1 Å². The van der Waals surface area contributed by atoms with Gasteiger partial charge in [-0.25, -0.2) is 0 Å². The first kappa shape index (κ1) is 18.6. The molecule has 4 rings (SSSR count). The molecule has 0 aliphatic carbocycles. The zero-order valence-electron chi connectivity index (χ0n) is 15.3. The third-order valence-corrected chi connectivity index (χ3v) is 5.27. The summed E-state index contributed by atoms with van der Waals surface area (Å²) in [6.45, 7) is 0.504. The lowest BCUT2D eigenvalue weighted by atomic mass is 9.91. The highest BCUT2D eigenvalue weighted by molar-refractivity contribution is 9.10. The number of benzene rings is 3. The molecule has 0 fully saturated rings. The average molecular weight is 439 g/mol. The van der Waals surface area contributed by atoms with Crippen molar-refractivity contribution in [2.75, 3.05) is 7.11 Å². The Morgan fingerprint density at radius 3 is 2.50 bits per heavy atom. The Balaban J connectivity index is 1.54. The van der Waals surface area contributed by atoms with Crippen molar-refractivity contribution in [2.24, 2.45) is 0 Å². The van der Waals surface area contributed by atoms with Crippen LogP contribution < -0.4 is 9.47 Å². The molecule has 0 amide bonds. The first-order valence-corrected chi connectivity index (χ1v) is 9.75. The van der Waals surface area contributed by atoms with Crippen LogP contribution in [0.15, 0.2) is 77.3 Å². The maximum Gasteiger partial charge on any atom is 0.317 e. The minimum atomic E-state index is -0.506. The van der Waals surface area contributed by atoms with E-state index >= 15 is 0 Å². The molecule has 0 saturated heterocycles. The Morgan fingerprint density at radius 2 is 1.79 bits per heavy atom. The minimum Gasteiger partial charge on any atom is -0.489 e. The summed E-state index contributed by atoms with van der Waals surface area (Å²) < 4.78 is 17.9. The van der Waals surface area contributed by atoms with Crippen molar-refractivity contribution in [1.82, 2.24) is 0 Å². The molecule has 2 atom stereocenters. The number of rotatable bonds is 5. The second kappa shape index (κ2) is 8.07. The van der Waals surface area contributed by atoms with E-state index in [2.05, 4.69) is 15.9 Å². The largest absolute Gasteiger partial charge is 0.489 e. The van der Waals surface area contributed by atoms with E-state index in [9.17, 15) is 4.79 Å². The first-order chi connectivity index (χ1) is 13.7. The van der Waals surface area contributed by atoms with Gasteiger partial charge in [-0.05, 0) is 41.5 Å². The molecule has 0 N–H and O–H groups in total. The number of carbonyl (C=O) groups is 1. The molecule has 0 bridgehead atoms. The van der Waals surface area contributed by atoms with Crippen LogP contribution in [-0.4, -0.2) is 13.1 Å².